The number of H-pyrrole nitrogens is 1. The van der Waals surface area contributed by atoms with Crippen molar-refractivity contribution >= 4 is 61.6 Å². The third-order valence-corrected chi connectivity index (χ3v) is 14.7. The van der Waals surface area contributed by atoms with E-state index in [-0.39, 0.29) is 70.3 Å². The van der Waals surface area contributed by atoms with Crippen LogP contribution in [0.1, 0.15) is 64.9 Å². The average Bonchev–Trinajstić information content (AvgIpc) is 3.90. The first-order valence-corrected chi connectivity index (χ1v) is 26.4. The summed E-state index contributed by atoms with van der Waals surface area (Å²) in [6, 6.07) is 19.9. The minimum Gasteiger partial charge on any atom is -0.493 e. The van der Waals surface area contributed by atoms with Gasteiger partial charge in [-0.25, -0.2) is 27.6 Å². The zero-order valence-corrected chi connectivity index (χ0v) is 42.8. The second kappa shape index (κ2) is 21.7. The number of benzene rings is 4. The number of aryl methyl sites for hydroxylation is 2. The molecule has 1 saturated heterocycles. The first-order chi connectivity index (χ1) is 36.7. The molecular formula is C53H56FN13O8S. The van der Waals surface area contributed by atoms with Crippen molar-refractivity contribution in [3.63, 3.8) is 0 Å². The number of ether oxygens (including phenoxy) is 2. The van der Waals surface area contributed by atoms with Gasteiger partial charge in [0, 0.05) is 100 Å². The van der Waals surface area contributed by atoms with E-state index in [1.54, 1.807) is 74.0 Å². The molecule has 394 valence electrons. The number of piperazine rings is 1. The molecule has 23 heteroatoms. The van der Waals surface area contributed by atoms with E-state index >= 15 is 4.39 Å². The maximum Gasteiger partial charge on any atom is 0.328 e. The molecule has 0 unspecified atom stereocenters. The minimum absolute atomic E-state index is 0.0540. The van der Waals surface area contributed by atoms with Gasteiger partial charge in [-0.1, -0.05) is 25.5 Å². The lowest BCUT2D eigenvalue weighted by Gasteiger charge is -2.34. The number of fused-ring (bicyclic) bond motifs is 2. The molecule has 1 saturated carbocycles. The molecule has 8 aromatic rings. The van der Waals surface area contributed by atoms with Gasteiger partial charge in [0.15, 0.2) is 17.2 Å². The number of rotatable bonds is 20. The van der Waals surface area contributed by atoms with Crippen molar-refractivity contribution in [3.8, 4) is 28.5 Å². The Bertz CT molecular complexity index is 3660. The predicted molar refractivity (Wildman–Crippen MR) is 282 cm³/mol. The van der Waals surface area contributed by atoms with Crippen molar-refractivity contribution < 1.29 is 36.7 Å². The molecule has 3 amide bonds. The van der Waals surface area contributed by atoms with Gasteiger partial charge >= 0.3 is 5.69 Å². The molecule has 2 aliphatic rings. The average molecular weight is 1050 g/mol. The SMILES string of the molecule is CCCCOc1cccc(Oc2cc3c(cc2NS(=O)(=O)c2cccc(C(=O)NCCNC(=O)CN4CCN(C(=O)c5ccc(Nc6nc(C7CC7)cn7c(-c8cn[nH]c8)cnc67)c(F)c5)CC4)c2)n(C)c(=O)n3C)c1. The number of amides is 3. The highest BCUT2D eigenvalue weighted by Gasteiger charge is 2.29. The summed E-state index contributed by atoms with van der Waals surface area (Å²) in [5.41, 5.74) is 4.18. The maximum atomic E-state index is 15.7. The number of nitrogens with one attached hydrogen (secondary N) is 5. The first-order valence-electron chi connectivity index (χ1n) is 25.0. The van der Waals surface area contributed by atoms with Crippen LogP contribution >= 0.6 is 0 Å². The standard InChI is InChI=1S/C53H56FN13O8S/c1-4-5-22-74-37-9-7-10-38(25-37)75-47-27-45-44(63(2)53(71)64(45)3)26-42(47)62-76(72,73)39-11-6-8-34(23-39)51(69)56-17-16-55-48(68)32-65-18-20-66(21-19-65)52(70)35-14-15-41(40(54)24-35)60-49-50-57-30-46(36-28-58-59-29-36)67(50)31-43(61-49)33-12-13-33/h6-11,14-15,23-31,33,62H,4-5,12-13,16-22,32H2,1-3H3,(H,55,68)(H,56,69)(H,58,59)(H,60,61). The molecule has 5 heterocycles. The lowest BCUT2D eigenvalue weighted by Crippen LogP contribution is -2.51. The van der Waals surface area contributed by atoms with Crippen LogP contribution in [0.4, 0.5) is 21.6 Å². The second-order valence-corrected chi connectivity index (χ2v) is 20.4. The molecule has 21 nitrogen and oxygen atoms in total. The van der Waals surface area contributed by atoms with E-state index in [1.165, 1.54) is 51.6 Å². The number of sulfonamides is 1. The molecule has 2 fully saturated rings. The van der Waals surface area contributed by atoms with Gasteiger partial charge in [0.25, 0.3) is 21.8 Å². The summed E-state index contributed by atoms with van der Waals surface area (Å²) >= 11 is 0. The van der Waals surface area contributed by atoms with Crippen LogP contribution in [0, 0.1) is 5.82 Å². The fourth-order valence-electron chi connectivity index (χ4n) is 8.97. The summed E-state index contributed by atoms with van der Waals surface area (Å²) in [6.07, 6.45) is 11.0. The number of hydrogen-bond donors (Lipinski definition) is 5. The number of aromatic amines is 1. The largest absolute Gasteiger partial charge is 0.493 e. The number of carbonyl (C=O) groups is 3. The van der Waals surface area contributed by atoms with Gasteiger partial charge in [-0.15, -0.1) is 0 Å². The molecular weight excluding hydrogens is 998 g/mol. The lowest BCUT2D eigenvalue weighted by atomic mass is 10.1. The topological polar surface area (TPSA) is 244 Å². The summed E-state index contributed by atoms with van der Waals surface area (Å²) in [6.45, 7) is 4.26. The van der Waals surface area contributed by atoms with E-state index in [0.717, 1.165) is 42.6 Å². The Morgan fingerprint density at radius 1 is 0.855 bits per heavy atom. The highest BCUT2D eigenvalue weighted by molar-refractivity contribution is 7.92. The molecule has 0 bridgehead atoms. The third kappa shape index (κ3) is 11.1. The van der Waals surface area contributed by atoms with Crippen molar-refractivity contribution in [2.45, 2.75) is 43.4 Å². The molecule has 0 radical (unpaired) electrons. The third-order valence-electron chi connectivity index (χ3n) is 13.4. The Hall–Kier alpha value is -8.57. The van der Waals surface area contributed by atoms with Crippen LogP contribution in [0.25, 0.3) is 27.9 Å². The zero-order valence-electron chi connectivity index (χ0n) is 42.0. The first kappa shape index (κ1) is 50.9. The molecule has 0 atom stereocenters. The number of aromatic nitrogens is 7. The maximum absolute atomic E-state index is 15.7. The van der Waals surface area contributed by atoms with Crippen LogP contribution in [0.3, 0.4) is 0 Å². The molecule has 4 aromatic carbocycles. The normalized spacial score (nSPS) is 14.0. The van der Waals surface area contributed by atoms with Gasteiger partial charge in [0.05, 0.1) is 64.2 Å². The zero-order chi connectivity index (χ0) is 53.1. The van der Waals surface area contributed by atoms with E-state index in [0.29, 0.717) is 72.7 Å². The Labute approximate surface area is 436 Å². The lowest BCUT2D eigenvalue weighted by molar-refractivity contribution is -0.122. The Balaban J connectivity index is 0.699. The van der Waals surface area contributed by atoms with E-state index in [9.17, 15) is 27.6 Å². The van der Waals surface area contributed by atoms with E-state index in [2.05, 4.69) is 42.8 Å². The fourth-order valence-corrected chi connectivity index (χ4v) is 10.1. The number of carbonyl (C=O) groups excluding carboxylic acids is 3. The number of halogens is 1. The van der Waals surface area contributed by atoms with Gasteiger partial charge in [-0.2, -0.15) is 5.10 Å². The predicted octanol–water partition coefficient (Wildman–Crippen LogP) is 6.15. The molecule has 4 aromatic heterocycles. The molecule has 0 spiro atoms. The number of anilines is 3. The van der Waals surface area contributed by atoms with Gasteiger partial charge < -0.3 is 30.3 Å². The quantitative estimate of drug-likeness (QED) is 0.0539. The Kier molecular flexibility index (Phi) is 14.6. The fraction of sp³-hybridized carbons (Fsp3) is 0.302. The van der Waals surface area contributed by atoms with Crippen LogP contribution < -0.4 is 35.8 Å². The van der Waals surface area contributed by atoms with Crippen molar-refractivity contribution in [2.24, 2.45) is 14.1 Å². The molecule has 10 rings (SSSR count). The Morgan fingerprint density at radius 2 is 1.62 bits per heavy atom. The van der Waals surface area contributed by atoms with Crippen LogP contribution in [-0.4, -0.2) is 122 Å². The second-order valence-electron chi connectivity index (χ2n) is 18.8. The molecule has 1 aliphatic heterocycles. The van der Waals surface area contributed by atoms with Crippen molar-refractivity contribution in [1.82, 2.24) is 54.1 Å². The highest BCUT2D eigenvalue weighted by atomic mass is 32.2. The van der Waals surface area contributed by atoms with E-state index in [4.69, 9.17) is 14.5 Å². The van der Waals surface area contributed by atoms with Crippen molar-refractivity contribution in [2.75, 3.05) is 62.5 Å². The van der Waals surface area contributed by atoms with E-state index < -0.39 is 21.7 Å². The number of unbranched alkanes of at least 4 members (excludes halogenated alkanes) is 1. The van der Waals surface area contributed by atoms with E-state index in [1.807, 2.05) is 15.5 Å². The van der Waals surface area contributed by atoms with Crippen LogP contribution in [0.2, 0.25) is 0 Å². The number of nitrogens with zero attached hydrogens (tertiary/aromatic N) is 8. The summed E-state index contributed by atoms with van der Waals surface area (Å²) in [5.74, 6) is 0.0112. The van der Waals surface area contributed by atoms with Crippen LogP contribution in [-0.2, 0) is 28.9 Å². The number of hydrogen-bond acceptors (Lipinski definition) is 13. The molecule has 5 N–H and O–H groups in total. The molecule has 76 heavy (non-hydrogen) atoms. The van der Waals surface area contributed by atoms with Gasteiger partial charge in [-0.05, 0) is 73.9 Å². The van der Waals surface area contributed by atoms with Gasteiger partial charge in [0.1, 0.15) is 17.3 Å². The van der Waals surface area contributed by atoms with Crippen molar-refractivity contribution in [1.29, 1.82) is 0 Å². The Morgan fingerprint density at radius 3 is 2.37 bits per heavy atom. The smallest absolute Gasteiger partial charge is 0.328 e. The summed E-state index contributed by atoms with van der Waals surface area (Å²) in [4.78, 5) is 65.3. The monoisotopic (exact) mass is 1050 g/mol. The summed E-state index contributed by atoms with van der Waals surface area (Å²) in [5, 5.41) is 15.5. The van der Waals surface area contributed by atoms with Gasteiger partial charge in [0.2, 0.25) is 5.91 Å². The summed E-state index contributed by atoms with van der Waals surface area (Å²) in [7, 11) is -1.14. The minimum atomic E-state index is -4.33. The van der Waals surface area contributed by atoms with Gasteiger partial charge in [-0.3, -0.25) is 42.6 Å². The van der Waals surface area contributed by atoms with Crippen LogP contribution in [0.15, 0.2) is 113 Å². The summed E-state index contributed by atoms with van der Waals surface area (Å²) < 4.78 is 63.0. The number of imidazole rings is 2. The molecule has 1 aliphatic carbocycles. The highest BCUT2D eigenvalue weighted by Crippen LogP contribution is 2.41. The van der Waals surface area contributed by atoms with Crippen molar-refractivity contribution in [3.05, 3.63) is 137 Å². The van der Waals surface area contributed by atoms with Crippen LogP contribution in [0.5, 0.6) is 17.2 Å².